The van der Waals surface area contributed by atoms with Crippen molar-refractivity contribution >= 4 is 11.6 Å². The van der Waals surface area contributed by atoms with Gasteiger partial charge in [0.15, 0.2) is 5.82 Å². The lowest BCUT2D eigenvalue weighted by molar-refractivity contribution is -0.117. The van der Waals surface area contributed by atoms with Crippen molar-refractivity contribution in [3.8, 4) is 0 Å². The van der Waals surface area contributed by atoms with E-state index in [9.17, 15) is 4.79 Å². The highest BCUT2D eigenvalue weighted by molar-refractivity contribution is 5.96. The SMILES string of the molecule is Cc1cccc(N2CC(c3ncon3)CC2=O)c1. The first-order chi connectivity index (χ1) is 8.74. The molecule has 0 aliphatic carbocycles. The van der Waals surface area contributed by atoms with Gasteiger partial charge in [-0.05, 0) is 24.6 Å². The summed E-state index contributed by atoms with van der Waals surface area (Å²) in [6.07, 6.45) is 1.74. The van der Waals surface area contributed by atoms with Crippen LogP contribution in [0.1, 0.15) is 23.7 Å². The zero-order valence-corrected chi connectivity index (χ0v) is 10.0. The van der Waals surface area contributed by atoms with Crippen LogP contribution in [-0.4, -0.2) is 22.6 Å². The number of amides is 1. The Morgan fingerprint density at radius 1 is 1.44 bits per heavy atom. The first kappa shape index (κ1) is 11.0. The minimum Gasteiger partial charge on any atom is -0.343 e. The highest BCUT2D eigenvalue weighted by Gasteiger charge is 2.33. The second-order valence-electron chi connectivity index (χ2n) is 4.53. The Bertz CT molecular complexity index is 565. The molecular formula is C13H13N3O2. The van der Waals surface area contributed by atoms with Gasteiger partial charge in [-0.1, -0.05) is 17.3 Å². The van der Waals surface area contributed by atoms with E-state index in [4.69, 9.17) is 4.52 Å². The Kier molecular flexibility index (Phi) is 2.59. The number of anilines is 1. The van der Waals surface area contributed by atoms with Crippen molar-refractivity contribution in [3.63, 3.8) is 0 Å². The average molecular weight is 243 g/mol. The average Bonchev–Trinajstić information content (AvgIpc) is 2.97. The number of hydrogen-bond acceptors (Lipinski definition) is 4. The molecule has 1 aliphatic heterocycles. The highest BCUT2D eigenvalue weighted by atomic mass is 16.5. The molecule has 1 amide bonds. The molecular weight excluding hydrogens is 230 g/mol. The van der Waals surface area contributed by atoms with Crippen molar-refractivity contribution in [1.29, 1.82) is 0 Å². The van der Waals surface area contributed by atoms with E-state index in [1.165, 1.54) is 6.39 Å². The van der Waals surface area contributed by atoms with Crippen LogP contribution in [0.3, 0.4) is 0 Å². The maximum atomic E-state index is 12.0. The summed E-state index contributed by atoms with van der Waals surface area (Å²) in [5.74, 6) is 0.741. The maximum Gasteiger partial charge on any atom is 0.227 e. The van der Waals surface area contributed by atoms with Gasteiger partial charge in [0.1, 0.15) is 0 Å². The lowest BCUT2D eigenvalue weighted by atomic mass is 10.1. The molecule has 2 heterocycles. The first-order valence-electron chi connectivity index (χ1n) is 5.87. The predicted octanol–water partition coefficient (Wildman–Crippen LogP) is 1.90. The molecule has 1 atom stereocenters. The molecule has 1 unspecified atom stereocenters. The van der Waals surface area contributed by atoms with Crippen LogP contribution in [0.15, 0.2) is 35.2 Å². The second kappa shape index (κ2) is 4.25. The molecule has 0 spiro atoms. The van der Waals surface area contributed by atoms with Crippen LogP contribution in [0.5, 0.6) is 0 Å². The topological polar surface area (TPSA) is 59.2 Å². The molecule has 5 heteroatoms. The fraction of sp³-hybridized carbons (Fsp3) is 0.308. The summed E-state index contributed by atoms with van der Waals surface area (Å²) in [4.78, 5) is 17.8. The van der Waals surface area contributed by atoms with Gasteiger partial charge in [-0.15, -0.1) is 0 Å². The van der Waals surface area contributed by atoms with Crippen molar-refractivity contribution in [1.82, 2.24) is 10.1 Å². The van der Waals surface area contributed by atoms with Crippen molar-refractivity contribution < 1.29 is 9.32 Å². The third kappa shape index (κ3) is 1.88. The monoisotopic (exact) mass is 243 g/mol. The quantitative estimate of drug-likeness (QED) is 0.808. The van der Waals surface area contributed by atoms with E-state index in [-0.39, 0.29) is 11.8 Å². The third-order valence-electron chi connectivity index (χ3n) is 3.18. The van der Waals surface area contributed by atoms with Crippen LogP contribution in [0, 0.1) is 6.92 Å². The lowest BCUT2D eigenvalue weighted by Crippen LogP contribution is -2.24. The normalized spacial score (nSPS) is 19.5. The van der Waals surface area contributed by atoms with Gasteiger partial charge in [0.2, 0.25) is 12.3 Å². The van der Waals surface area contributed by atoms with Crippen LogP contribution >= 0.6 is 0 Å². The van der Waals surface area contributed by atoms with Crippen LogP contribution in [-0.2, 0) is 4.79 Å². The van der Waals surface area contributed by atoms with Gasteiger partial charge in [-0.2, -0.15) is 4.98 Å². The van der Waals surface area contributed by atoms with Crippen LogP contribution in [0.25, 0.3) is 0 Å². The number of hydrogen-bond donors (Lipinski definition) is 0. The molecule has 0 saturated carbocycles. The fourth-order valence-corrected chi connectivity index (χ4v) is 2.28. The number of aromatic nitrogens is 2. The van der Waals surface area contributed by atoms with E-state index in [0.29, 0.717) is 18.8 Å². The molecule has 0 radical (unpaired) electrons. The molecule has 1 aromatic carbocycles. The molecule has 1 aromatic heterocycles. The van der Waals surface area contributed by atoms with Crippen molar-refractivity contribution in [2.45, 2.75) is 19.3 Å². The summed E-state index contributed by atoms with van der Waals surface area (Å²) in [5.41, 5.74) is 2.08. The Hall–Kier alpha value is -2.17. The van der Waals surface area contributed by atoms with Crippen LogP contribution in [0.2, 0.25) is 0 Å². The van der Waals surface area contributed by atoms with Crippen LogP contribution in [0.4, 0.5) is 5.69 Å². The Morgan fingerprint density at radius 2 is 2.33 bits per heavy atom. The number of rotatable bonds is 2. The van der Waals surface area contributed by atoms with Gasteiger partial charge in [0.25, 0.3) is 0 Å². The van der Waals surface area contributed by atoms with E-state index >= 15 is 0 Å². The summed E-state index contributed by atoms with van der Waals surface area (Å²) in [5, 5.41) is 3.81. The molecule has 5 nitrogen and oxygen atoms in total. The van der Waals surface area contributed by atoms with Crippen LogP contribution < -0.4 is 4.90 Å². The fourth-order valence-electron chi connectivity index (χ4n) is 2.28. The molecule has 1 aliphatic rings. The summed E-state index contributed by atoms with van der Waals surface area (Å²) < 4.78 is 4.73. The number of benzene rings is 1. The molecule has 3 rings (SSSR count). The molecule has 0 bridgehead atoms. The maximum absolute atomic E-state index is 12.0. The minimum atomic E-state index is 0.0248. The van der Waals surface area contributed by atoms with Gasteiger partial charge in [-0.25, -0.2) is 0 Å². The molecule has 2 aromatic rings. The zero-order chi connectivity index (χ0) is 12.5. The number of nitrogens with zero attached hydrogens (tertiary/aromatic N) is 3. The Morgan fingerprint density at radius 3 is 3.06 bits per heavy atom. The van der Waals surface area contributed by atoms with Gasteiger partial charge in [0, 0.05) is 24.6 Å². The van der Waals surface area contributed by atoms with Gasteiger partial charge >= 0.3 is 0 Å². The highest BCUT2D eigenvalue weighted by Crippen LogP contribution is 2.30. The molecule has 92 valence electrons. The Labute approximate surface area is 104 Å². The first-order valence-corrected chi connectivity index (χ1v) is 5.87. The molecule has 1 fully saturated rings. The summed E-state index contributed by atoms with van der Waals surface area (Å²) >= 11 is 0. The van der Waals surface area contributed by atoms with Crippen molar-refractivity contribution in [2.75, 3.05) is 11.4 Å². The van der Waals surface area contributed by atoms with Gasteiger partial charge in [0.05, 0.1) is 0 Å². The third-order valence-corrected chi connectivity index (χ3v) is 3.18. The zero-order valence-electron chi connectivity index (χ0n) is 10.0. The molecule has 1 saturated heterocycles. The largest absolute Gasteiger partial charge is 0.343 e. The molecule has 0 N–H and O–H groups in total. The van der Waals surface area contributed by atoms with E-state index in [1.807, 2.05) is 31.2 Å². The minimum absolute atomic E-state index is 0.0248. The smallest absolute Gasteiger partial charge is 0.227 e. The predicted molar refractivity (Wildman–Crippen MR) is 65.2 cm³/mol. The second-order valence-corrected chi connectivity index (χ2v) is 4.53. The lowest BCUT2D eigenvalue weighted by Gasteiger charge is -2.16. The van der Waals surface area contributed by atoms with Crippen molar-refractivity contribution in [3.05, 3.63) is 42.0 Å². The number of aryl methyl sites for hydroxylation is 1. The van der Waals surface area contributed by atoms with Gasteiger partial charge < -0.3 is 9.42 Å². The number of carbonyl (C=O) groups excluding carboxylic acids is 1. The van der Waals surface area contributed by atoms with E-state index < -0.39 is 0 Å². The van der Waals surface area contributed by atoms with E-state index in [0.717, 1.165) is 11.3 Å². The summed E-state index contributed by atoms with van der Waals surface area (Å²) in [6.45, 7) is 2.63. The summed E-state index contributed by atoms with van der Waals surface area (Å²) in [6, 6.07) is 7.93. The van der Waals surface area contributed by atoms with Crippen molar-refractivity contribution in [2.24, 2.45) is 0 Å². The molecule has 18 heavy (non-hydrogen) atoms. The summed E-state index contributed by atoms with van der Waals surface area (Å²) in [7, 11) is 0. The van der Waals surface area contributed by atoms with E-state index in [2.05, 4.69) is 10.1 Å². The number of carbonyl (C=O) groups is 1. The van der Waals surface area contributed by atoms with Gasteiger partial charge in [-0.3, -0.25) is 4.79 Å². The standard InChI is InChI=1S/C13H13N3O2/c1-9-3-2-4-11(5-9)16-7-10(6-12(16)17)13-14-8-18-15-13/h2-5,8,10H,6-7H2,1H3. The Balaban J connectivity index is 1.85. The van der Waals surface area contributed by atoms with E-state index in [1.54, 1.807) is 4.90 Å².